The lowest BCUT2D eigenvalue weighted by Crippen LogP contribution is -2.30. The number of nitrogens with zero attached hydrogens (tertiary/aromatic N) is 4. The second-order valence-electron chi connectivity index (χ2n) is 9.87. The van der Waals surface area contributed by atoms with Gasteiger partial charge in [0.25, 0.3) is 0 Å². The third kappa shape index (κ3) is 3.96. The number of anilines is 1. The minimum Gasteiger partial charge on any atom is -0.508 e. The number of phenols is 1. The Morgan fingerprint density at radius 3 is 2.89 bits per heavy atom. The summed E-state index contributed by atoms with van der Waals surface area (Å²) in [7, 11) is 0. The molecule has 2 aliphatic rings. The molecule has 0 radical (unpaired) electrons. The maximum atomic E-state index is 11.0. The first-order valence-corrected chi connectivity index (χ1v) is 14.5. The Bertz CT molecular complexity index is 1490. The summed E-state index contributed by atoms with van der Waals surface area (Å²) in [5.41, 5.74) is 4.96. The number of hydrogen-bond donors (Lipinski definition) is 1. The first-order valence-electron chi connectivity index (χ1n) is 12.4. The number of pyridine rings is 1. The van der Waals surface area contributed by atoms with E-state index in [0.29, 0.717) is 24.2 Å². The van der Waals surface area contributed by atoms with Crippen molar-refractivity contribution < 1.29 is 9.84 Å². The summed E-state index contributed by atoms with van der Waals surface area (Å²) >= 11 is 3.24. The standard InChI is InChI=1S/C28H30N4O2S2/c1-5-18-16(3)12-20(33)21(17-6-7-17)22(18)24-25-19(8-9-29-24)23-26(30-28(35-4)31-27(23)36-25)32-10-11-34-14-15(2)13-32/h5,8-9,12,15,17,33H,1,6-7,10-11,13-14H2,2-4H3. The van der Waals surface area contributed by atoms with Crippen LogP contribution < -0.4 is 4.90 Å². The molecule has 6 nitrogen and oxygen atoms in total. The van der Waals surface area contributed by atoms with Crippen molar-refractivity contribution in [2.45, 2.75) is 37.8 Å². The van der Waals surface area contributed by atoms with E-state index in [-0.39, 0.29) is 0 Å². The molecule has 2 fully saturated rings. The van der Waals surface area contributed by atoms with Crippen LogP contribution in [0, 0.1) is 12.8 Å². The minimum atomic E-state index is 0.360. The smallest absolute Gasteiger partial charge is 0.190 e. The van der Waals surface area contributed by atoms with Crippen LogP contribution in [-0.2, 0) is 4.74 Å². The van der Waals surface area contributed by atoms with Gasteiger partial charge in [0.15, 0.2) is 5.16 Å². The maximum Gasteiger partial charge on any atom is 0.190 e. The summed E-state index contributed by atoms with van der Waals surface area (Å²) in [4.78, 5) is 18.2. The molecule has 186 valence electrons. The van der Waals surface area contributed by atoms with Gasteiger partial charge < -0.3 is 14.7 Å². The van der Waals surface area contributed by atoms with Crippen LogP contribution in [0.3, 0.4) is 0 Å². The van der Waals surface area contributed by atoms with Crippen LogP contribution in [-0.4, -0.2) is 52.6 Å². The summed E-state index contributed by atoms with van der Waals surface area (Å²) in [6.07, 6.45) is 7.98. The Morgan fingerprint density at radius 1 is 1.31 bits per heavy atom. The van der Waals surface area contributed by atoms with Gasteiger partial charge in [-0.05, 0) is 61.1 Å². The largest absolute Gasteiger partial charge is 0.508 e. The lowest BCUT2D eigenvalue weighted by Gasteiger charge is -2.24. The molecule has 1 aliphatic carbocycles. The molecule has 1 N–H and O–H groups in total. The third-order valence-corrected chi connectivity index (χ3v) is 8.80. The summed E-state index contributed by atoms with van der Waals surface area (Å²) in [5.74, 6) is 2.12. The van der Waals surface area contributed by atoms with Gasteiger partial charge in [-0.2, -0.15) is 0 Å². The molecule has 3 aromatic heterocycles. The number of ether oxygens (including phenoxy) is 1. The highest BCUT2D eigenvalue weighted by molar-refractivity contribution is 7.98. The normalized spacial score (nSPS) is 18.6. The number of fused-ring (bicyclic) bond motifs is 3. The average Bonchev–Trinajstić information content (AvgIpc) is 3.66. The van der Waals surface area contributed by atoms with Gasteiger partial charge in [-0.25, -0.2) is 9.97 Å². The molecule has 1 saturated carbocycles. The fourth-order valence-corrected chi connectivity index (χ4v) is 6.95. The van der Waals surface area contributed by atoms with Gasteiger partial charge >= 0.3 is 0 Å². The van der Waals surface area contributed by atoms with Crippen molar-refractivity contribution in [3.8, 4) is 17.0 Å². The topological polar surface area (TPSA) is 71.4 Å². The Hall–Kier alpha value is -2.68. The monoisotopic (exact) mass is 518 g/mol. The SMILES string of the molecule is C=Cc1c(C)cc(O)c(C2CC2)c1-c1nccc2c1sc1nc(SC)nc(N3CCOCC(C)C3)c12. The van der Waals surface area contributed by atoms with Crippen molar-refractivity contribution in [3.05, 3.63) is 41.6 Å². The fourth-order valence-electron chi connectivity index (χ4n) is 5.37. The second kappa shape index (κ2) is 9.32. The number of phenolic OH excluding ortho intramolecular Hbond substituents is 1. The lowest BCUT2D eigenvalue weighted by molar-refractivity contribution is 0.129. The Kier molecular flexibility index (Phi) is 6.14. The lowest BCUT2D eigenvalue weighted by atomic mass is 9.90. The predicted octanol–water partition coefficient (Wildman–Crippen LogP) is 6.64. The van der Waals surface area contributed by atoms with Crippen LogP contribution in [0.1, 0.15) is 42.4 Å². The average molecular weight is 519 g/mol. The zero-order chi connectivity index (χ0) is 25.0. The van der Waals surface area contributed by atoms with E-state index >= 15 is 0 Å². The predicted molar refractivity (Wildman–Crippen MR) is 151 cm³/mol. The number of aryl methyl sites for hydroxylation is 1. The van der Waals surface area contributed by atoms with E-state index in [4.69, 9.17) is 19.7 Å². The van der Waals surface area contributed by atoms with Crippen LogP contribution in [0.4, 0.5) is 5.82 Å². The fraction of sp³-hybridized carbons (Fsp3) is 0.393. The maximum absolute atomic E-state index is 11.0. The molecular weight excluding hydrogens is 488 g/mol. The number of thioether (sulfide) groups is 1. The van der Waals surface area contributed by atoms with E-state index in [1.54, 1.807) is 23.1 Å². The van der Waals surface area contributed by atoms with Gasteiger partial charge in [0.1, 0.15) is 16.4 Å². The highest BCUT2D eigenvalue weighted by atomic mass is 32.2. The van der Waals surface area contributed by atoms with Crippen molar-refractivity contribution in [2.75, 3.05) is 37.5 Å². The van der Waals surface area contributed by atoms with Crippen molar-refractivity contribution >= 4 is 55.3 Å². The molecule has 1 atom stereocenters. The Morgan fingerprint density at radius 2 is 2.14 bits per heavy atom. The molecule has 1 unspecified atom stereocenters. The van der Waals surface area contributed by atoms with Gasteiger partial charge in [0, 0.05) is 35.8 Å². The molecule has 4 aromatic rings. The van der Waals surface area contributed by atoms with Crippen molar-refractivity contribution in [2.24, 2.45) is 5.92 Å². The van der Waals surface area contributed by atoms with E-state index in [1.807, 2.05) is 31.5 Å². The first kappa shape index (κ1) is 23.7. The van der Waals surface area contributed by atoms with Crippen molar-refractivity contribution in [1.29, 1.82) is 0 Å². The Balaban J connectivity index is 1.65. The van der Waals surface area contributed by atoms with Gasteiger partial charge in [-0.15, -0.1) is 11.3 Å². The van der Waals surface area contributed by atoms with Crippen molar-refractivity contribution in [3.63, 3.8) is 0 Å². The Labute approximate surface area is 219 Å². The van der Waals surface area contributed by atoms with Crippen LogP contribution in [0.25, 0.3) is 37.6 Å². The molecule has 1 saturated heterocycles. The molecule has 0 amide bonds. The van der Waals surface area contributed by atoms with Crippen LogP contribution in [0.5, 0.6) is 5.75 Å². The highest BCUT2D eigenvalue weighted by Gasteiger charge is 2.33. The number of hydrogen-bond acceptors (Lipinski definition) is 8. The van der Waals surface area contributed by atoms with Gasteiger partial charge in [-0.3, -0.25) is 4.98 Å². The molecule has 0 bridgehead atoms. The van der Waals surface area contributed by atoms with Crippen LogP contribution in [0.2, 0.25) is 0 Å². The zero-order valence-corrected chi connectivity index (χ0v) is 22.5. The van der Waals surface area contributed by atoms with E-state index in [2.05, 4.69) is 24.5 Å². The number of thiophene rings is 1. The molecule has 8 heteroatoms. The number of rotatable bonds is 5. The van der Waals surface area contributed by atoms with E-state index in [0.717, 1.165) is 91.8 Å². The molecule has 4 heterocycles. The summed E-state index contributed by atoms with van der Waals surface area (Å²) in [6, 6.07) is 3.96. The van der Waals surface area contributed by atoms with Gasteiger partial charge in [0.2, 0.25) is 0 Å². The van der Waals surface area contributed by atoms with E-state index in [1.165, 1.54) is 0 Å². The summed E-state index contributed by atoms with van der Waals surface area (Å²) < 4.78 is 6.91. The van der Waals surface area contributed by atoms with Gasteiger partial charge in [0.05, 0.1) is 29.0 Å². The van der Waals surface area contributed by atoms with Crippen LogP contribution >= 0.6 is 23.1 Å². The summed E-state index contributed by atoms with van der Waals surface area (Å²) in [5, 5.41) is 14.0. The number of aromatic nitrogens is 3. The van der Waals surface area contributed by atoms with Crippen molar-refractivity contribution in [1.82, 2.24) is 15.0 Å². The molecule has 36 heavy (non-hydrogen) atoms. The zero-order valence-electron chi connectivity index (χ0n) is 20.9. The summed E-state index contributed by atoms with van der Waals surface area (Å²) in [6.45, 7) is 11.5. The van der Waals surface area contributed by atoms with Gasteiger partial charge in [-0.1, -0.05) is 31.3 Å². The molecule has 1 aliphatic heterocycles. The number of aromatic hydroxyl groups is 1. The highest BCUT2D eigenvalue weighted by Crippen LogP contribution is 2.52. The molecule has 0 spiro atoms. The molecular formula is C28H30N4O2S2. The van der Waals surface area contributed by atoms with Crippen LogP contribution in [0.15, 0.2) is 30.1 Å². The number of benzene rings is 1. The molecule has 1 aromatic carbocycles. The first-order chi connectivity index (χ1) is 17.5. The third-order valence-electron chi connectivity index (χ3n) is 7.15. The van der Waals surface area contributed by atoms with E-state index < -0.39 is 0 Å². The minimum absolute atomic E-state index is 0.360. The second-order valence-corrected chi connectivity index (χ2v) is 11.6. The van der Waals surface area contributed by atoms with E-state index in [9.17, 15) is 5.11 Å². The molecule has 6 rings (SSSR count). The quantitative estimate of drug-likeness (QED) is 0.235.